The van der Waals surface area contributed by atoms with Crippen LogP contribution in [0.25, 0.3) is 11.1 Å². The first kappa shape index (κ1) is 14.1. The van der Waals surface area contributed by atoms with Crippen molar-refractivity contribution in [1.82, 2.24) is 5.32 Å². The van der Waals surface area contributed by atoms with Crippen LogP contribution >= 0.6 is 0 Å². The van der Waals surface area contributed by atoms with Crippen LogP contribution in [0.3, 0.4) is 0 Å². The Kier molecular flexibility index (Phi) is 3.93. The van der Waals surface area contributed by atoms with Gasteiger partial charge in [0.05, 0.1) is 0 Å². The van der Waals surface area contributed by atoms with Gasteiger partial charge in [0, 0.05) is 37.9 Å². The molecule has 0 atom stereocenters. The molecule has 3 rings (SSSR count). The van der Waals surface area contributed by atoms with Crippen LogP contribution in [0.15, 0.2) is 42.5 Å². The first-order valence-electron chi connectivity index (χ1n) is 7.43. The molecular formula is C18H21FN2. The van der Waals surface area contributed by atoms with Gasteiger partial charge in [-0.25, -0.2) is 4.39 Å². The summed E-state index contributed by atoms with van der Waals surface area (Å²) in [6, 6.07) is 14.0. The number of hydrogen-bond donors (Lipinski definition) is 1. The van der Waals surface area contributed by atoms with Crippen LogP contribution < -0.4 is 10.2 Å². The molecule has 0 saturated heterocycles. The van der Waals surface area contributed by atoms with Gasteiger partial charge in [-0.1, -0.05) is 18.2 Å². The van der Waals surface area contributed by atoms with Crippen LogP contribution in [0.4, 0.5) is 10.1 Å². The fourth-order valence-electron chi connectivity index (χ4n) is 2.39. The highest BCUT2D eigenvalue weighted by Crippen LogP contribution is 2.26. The van der Waals surface area contributed by atoms with Gasteiger partial charge < -0.3 is 10.2 Å². The van der Waals surface area contributed by atoms with Crippen LogP contribution in [0.5, 0.6) is 0 Å². The Morgan fingerprint density at radius 3 is 2.43 bits per heavy atom. The number of nitrogens with zero attached hydrogens (tertiary/aromatic N) is 1. The molecule has 1 saturated carbocycles. The van der Waals surface area contributed by atoms with Crippen LogP contribution in [-0.4, -0.2) is 20.1 Å². The third kappa shape index (κ3) is 3.42. The molecule has 2 nitrogen and oxygen atoms in total. The Bertz CT molecular complexity index is 616. The van der Waals surface area contributed by atoms with E-state index in [1.165, 1.54) is 12.8 Å². The molecule has 0 spiro atoms. The predicted octanol–water partition coefficient (Wildman–Crippen LogP) is 3.81. The second-order valence-corrected chi connectivity index (χ2v) is 5.91. The lowest BCUT2D eigenvalue weighted by molar-refractivity contribution is 0.628. The van der Waals surface area contributed by atoms with E-state index in [0.29, 0.717) is 11.6 Å². The molecule has 0 unspecified atom stereocenters. The third-order valence-corrected chi connectivity index (χ3v) is 3.90. The molecule has 1 aliphatic carbocycles. The van der Waals surface area contributed by atoms with Crippen LogP contribution in [-0.2, 0) is 6.54 Å². The maximum atomic E-state index is 14.1. The van der Waals surface area contributed by atoms with Crippen molar-refractivity contribution in [1.29, 1.82) is 0 Å². The lowest BCUT2D eigenvalue weighted by Crippen LogP contribution is -2.15. The van der Waals surface area contributed by atoms with Gasteiger partial charge in [0.25, 0.3) is 0 Å². The Morgan fingerprint density at radius 1 is 1.10 bits per heavy atom. The second kappa shape index (κ2) is 5.86. The molecule has 2 aromatic rings. The van der Waals surface area contributed by atoms with E-state index in [1.807, 2.05) is 55.4 Å². The van der Waals surface area contributed by atoms with Gasteiger partial charge in [-0.05, 0) is 48.2 Å². The number of halogens is 1. The number of benzene rings is 2. The lowest BCUT2D eigenvalue weighted by Gasteiger charge is -2.13. The van der Waals surface area contributed by atoms with E-state index in [4.69, 9.17) is 0 Å². The highest BCUT2D eigenvalue weighted by molar-refractivity contribution is 5.67. The zero-order chi connectivity index (χ0) is 14.8. The van der Waals surface area contributed by atoms with E-state index in [2.05, 4.69) is 5.32 Å². The molecule has 0 aliphatic heterocycles. The maximum absolute atomic E-state index is 14.1. The first-order valence-corrected chi connectivity index (χ1v) is 7.43. The van der Waals surface area contributed by atoms with E-state index < -0.39 is 0 Å². The molecule has 3 heteroatoms. The smallest absolute Gasteiger partial charge is 0.131 e. The fraction of sp³-hybridized carbons (Fsp3) is 0.333. The minimum absolute atomic E-state index is 0.164. The molecule has 0 radical (unpaired) electrons. The molecule has 1 fully saturated rings. The average Bonchev–Trinajstić information content (AvgIpc) is 3.31. The summed E-state index contributed by atoms with van der Waals surface area (Å²) in [5.41, 5.74) is 3.85. The Hall–Kier alpha value is -1.87. The van der Waals surface area contributed by atoms with Crippen molar-refractivity contribution in [2.45, 2.75) is 25.4 Å². The zero-order valence-electron chi connectivity index (χ0n) is 12.6. The molecule has 1 aliphatic rings. The molecule has 21 heavy (non-hydrogen) atoms. The Balaban J connectivity index is 1.83. The summed E-state index contributed by atoms with van der Waals surface area (Å²) in [6.45, 7) is 0.813. The van der Waals surface area contributed by atoms with Crippen molar-refractivity contribution in [2.24, 2.45) is 0 Å². The van der Waals surface area contributed by atoms with Crippen LogP contribution in [0.2, 0.25) is 0 Å². The third-order valence-electron chi connectivity index (χ3n) is 3.90. The molecule has 2 aromatic carbocycles. The molecule has 1 N–H and O–H groups in total. The van der Waals surface area contributed by atoms with Gasteiger partial charge in [0.15, 0.2) is 0 Å². The Morgan fingerprint density at radius 2 is 1.81 bits per heavy atom. The number of anilines is 1. The molecule has 0 heterocycles. The molecule has 110 valence electrons. The van der Waals surface area contributed by atoms with Crippen molar-refractivity contribution in [2.75, 3.05) is 19.0 Å². The SMILES string of the molecule is CN(C)c1ccc(-c2cc(CNC3CC3)ccc2F)cc1. The van der Waals surface area contributed by atoms with Gasteiger partial charge in [-0.2, -0.15) is 0 Å². The summed E-state index contributed by atoms with van der Waals surface area (Å²) in [5, 5.41) is 3.47. The number of nitrogens with one attached hydrogen (secondary N) is 1. The normalized spacial score (nSPS) is 14.2. The van der Waals surface area contributed by atoms with Gasteiger partial charge in [-0.15, -0.1) is 0 Å². The largest absolute Gasteiger partial charge is 0.378 e. The summed E-state index contributed by atoms with van der Waals surface area (Å²) in [6.07, 6.45) is 2.53. The first-order chi connectivity index (χ1) is 10.1. The number of rotatable bonds is 5. The van der Waals surface area contributed by atoms with Gasteiger partial charge in [-0.3, -0.25) is 0 Å². The van der Waals surface area contributed by atoms with E-state index in [-0.39, 0.29) is 5.82 Å². The number of hydrogen-bond acceptors (Lipinski definition) is 2. The molecule has 0 bridgehead atoms. The van der Waals surface area contributed by atoms with Crippen LogP contribution in [0, 0.1) is 5.82 Å². The average molecular weight is 284 g/mol. The van der Waals surface area contributed by atoms with E-state index in [0.717, 1.165) is 23.4 Å². The summed E-state index contributed by atoms with van der Waals surface area (Å²) in [7, 11) is 4.00. The fourth-order valence-corrected chi connectivity index (χ4v) is 2.39. The van der Waals surface area contributed by atoms with Crippen molar-refractivity contribution in [3.8, 4) is 11.1 Å². The summed E-state index contributed by atoms with van der Waals surface area (Å²) in [4.78, 5) is 2.04. The predicted molar refractivity (Wildman–Crippen MR) is 86.0 cm³/mol. The highest BCUT2D eigenvalue weighted by atomic mass is 19.1. The molecule has 0 aromatic heterocycles. The second-order valence-electron chi connectivity index (χ2n) is 5.91. The molecule has 0 amide bonds. The monoisotopic (exact) mass is 284 g/mol. The minimum Gasteiger partial charge on any atom is -0.378 e. The van der Waals surface area contributed by atoms with Crippen molar-refractivity contribution >= 4 is 5.69 Å². The van der Waals surface area contributed by atoms with Crippen molar-refractivity contribution < 1.29 is 4.39 Å². The van der Waals surface area contributed by atoms with E-state index >= 15 is 0 Å². The standard InChI is InChI=1S/C18H21FN2/c1-21(2)16-8-4-14(5-9-16)17-11-13(3-10-18(17)19)12-20-15-6-7-15/h3-5,8-11,15,20H,6-7,12H2,1-2H3. The maximum Gasteiger partial charge on any atom is 0.131 e. The summed E-state index contributed by atoms with van der Waals surface area (Å²) < 4.78 is 14.1. The van der Waals surface area contributed by atoms with Crippen LogP contribution in [0.1, 0.15) is 18.4 Å². The summed E-state index contributed by atoms with van der Waals surface area (Å²) >= 11 is 0. The zero-order valence-corrected chi connectivity index (χ0v) is 12.6. The van der Waals surface area contributed by atoms with E-state index in [9.17, 15) is 4.39 Å². The van der Waals surface area contributed by atoms with Crippen molar-refractivity contribution in [3.05, 3.63) is 53.8 Å². The minimum atomic E-state index is -0.164. The Labute approximate surface area is 125 Å². The highest BCUT2D eigenvalue weighted by Gasteiger charge is 2.20. The topological polar surface area (TPSA) is 15.3 Å². The van der Waals surface area contributed by atoms with Gasteiger partial charge in [0.2, 0.25) is 0 Å². The van der Waals surface area contributed by atoms with Gasteiger partial charge >= 0.3 is 0 Å². The molecular weight excluding hydrogens is 263 g/mol. The lowest BCUT2D eigenvalue weighted by atomic mass is 10.0. The van der Waals surface area contributed by atoms with Gasteiger partial charge in [0.1, 0.15) is 5.82 Å². The summed E-state index contributed by atoms with van der Waals surface area (Å²) in [5.74, 6) is -0.164. The van der Waals surface area contributed by atoms with Crippen molar-refractivity contribution in [3.63, 3.8) is 0 Å². The quantitative estimate of drug-likeness (QED) is 0.898. The van der Waals surface area contributed by atoms with E-state index in [1.54, 1.807) is 6.07 Å².